The van der Waals surface area contributed by atoms with Crippen LogP contribution >= 0.6 is 0 Å². The third-order valence-electron chi connectivity index (χ3n) is 1.68. The summed E-state index contributed by atoms with van der Waals surface area (Å²) in [6, 6.07) is 0. The molecule has 0 aromatic rings. The van der Waals surface area contributed by atoms with Gasteiger partial charge in [-0.25, -0.2) is 0 Å². The lowest BCUT2D eigenvalue weighted by Gasteiger charge is -2.05. The molecule has 0 amide bonds. The van der Waals surface area contributed by atoms with Gasteiger partial charge in [0.2, 0.25) is 0 Å². The molecule has 0 N–H and O–H groups in total. The third kappa shape index (κ3) is 5.52. The fourth-order valence-corrected chi connectivity index (χ4v) is 1.13. The second kappa shape index (κ2) is 6.36. The quantitative estimate of drug-likeness (QED) is 0.468. The van der Waals surface area contributed by atoms with Gasteiger partial charge in [-0.15, -0.1) is 0 Å². The highest BCUT2D eigenvalue weighted by Gasteiger charge is 1.99. The molecule has 78 valence electrons. The van der Waals surface area contributed by atoms with E-state index in [0.29, 0.717) is 5.92 Å². The molecule has 0 aliphatic heterocycles. The van der Waals surface area contributed by atoms with Gasteiger partial charge in [0.15, 0.2) is 0 Å². The predicted octanol–water partition coefficient (Wildman–Crippen LogP) is 4.14. The molecule has 0 spiro atoms. The summed E-state index contributed by atoms with van der Waals surface area (Å²) in [6.45, 7) is 14.1. The zero-order valence-corrected chi connectivity index (χ0v) is 9.96. The van der Waals surface area contributed by atoms with E-state index >= 15 is 0 Å². The number of rotatable bonds is 4. The minimum Gasteiger partial charge on any atom is -0.258 e. The molecule has 0 aromatic heterocycles. The smallest absolute Gasteiger partial charge is 0.0431 e. The molecule has 0 aliphatic carbocycles. The van der Waals surface area contributed by atoms with E-state index in [1.807, 2.05) is 13.0 Å². The van der Waals surface area contributed by atoms with E-state index in [9.17, 15) is 0 Å². The fraction of sp³-hybridized carbons (Fsp3) is 0.462. The van der Waals surface area contributed by atoms with Crippen LogP contribution in [0.25, 0.3) is 0 Å². The van der Waals surface area contributed by atoms with Crippen LogP contribution in [0.4, 0.5) is 0 Å². The fourth-order valence-electron chi connectivity index (χ4n) is 1.13. The highest BCUT2D eigenvalue weighted by molar-refractivity contribution is 5.94. The number of hydrogen-bond donors (Lipinski definition) is 0. The normalized spacial score (nSPS) is 13.0. The van der Waals surface area contributed by atoms with Crippen molar-refractivity contribution in [3.8, 4) is 0 Å². The monoisotopic (exact) mass is 191 g/mol. The van der Waals surface area contributed by atoms with Crippen LogP contribution in [-0.4, -0.2) is 5.71 Å². The topological polar surface area (TPSA) is 12.4 Å². The van der Waals surface area contributed by atoms with Crippen LogP contribution in [0.15, 0.2) is 41.1 Å². The van der Waals surface area contributed by atoms with Crippen LogP contribution < -0.4 is 0 Å². The first kappa shape index (κ1) is 12.9. The summed E-state index contributed by atoms with van der Waals surface area (Å²) in [5, 5.41) is 0. The second-order valence-electron chi connectivity index (χ2n) is 3.96. The summed E-state index contributed by atoms with van der Waals surface area (Å²) >= 11 is 0. The Labute approximate surface area is 87.9 Å². The second-order valence-corrected chi connectivity index (χ2v) is 3.96. The van der Waals surface area contributed by atoms with Crippen molar-refractivity contribution in [1.29, 1.82) is 0 Å². The number of hydrogen-bond acceptors (Lipinski definition) is 1. The molecule has 0 saturated heterocycles. The van der Waals surface area contributed by atoms with Crippen LogP contribution in [0.3, 0.4) is 0 Å². The Balaban J connectivity index is 4.82. The van der Waals surface area contributed by atoms with E-state index in [1.54, 1.807) is 6.08 Å². The number of nitrogens with zero attached hydrogens (tertiary/aromatic N) is 1. The van der Waals surface area contributed by atoms with Gasteiger partial charge in [-0.05, 0) is 38.8 Å². The minimum absolute atomic E-state index is 0.438. The van der Waals surface area contributed by atoms with Crippen molar-refractivity contribution in [1.82, 2.24) is 0 Å². The summed E-state index contributed by atoms with van der Waals surface area (Å²) < 4.78 is 0. The van der Waals surface area contributed by atoms with Gasteiger partial charge in [0.1, 0.15) is 0 Å². The molecular formula is C13H21N. The number of allylic oxidation sites excluding steroid dienone is 5. The van der Waals surface area contributed by atoms with Gasteiger partial charge in [-0.1, -0.05) is 32.1 Å². The molecule has 0 rings (SSSR count). The Morgan fingerprint density at radius 1 is 1.21 bits per heavy atom. The molecule has 0 fully saturated rings. The Kier molecular flexibility index (Phi) is 5.86. The summed E-state index contributed by atoms with van der Waals surface area (Å²) in [7, 11) is 0. The SMILES string of the molecule is C=C/C=C(/N=C(/C)C=C(C)C)C(C)C. The van der Waals surface area contributed by atoms with Gasteiger partial charge in [0.05, 0.1) is 0 Å². The summed E-state index contributed by atoms with van der Waals surface area (Å²) in [5.41, 5.74) is 3.40. The Morgan fingerprint density at radius 2 is 1.79 bits per heavy atom. The van der Waals surface area contributed by atoms with Gasteiger partial charge in [-0.3, -0.25) is 4.99 Å². The molecule has 0 atom stereocenters. The van der Waals surface area contributed by atoms with Crippen LogP contribution in [-0.2, 0) is 0 Å². The van der Waals surface area contributed by atoms with Crippen molar-refractivity contribution >= 4 is 5.71 Å². The minimum atomic E-state index is 0.438. The molecular weight excluding hydrogens is 170 g/mol. The molecule has 0 aliphatic rings. The first-order chi connectivity index (χ1) is 6.47. The lowest BCUT2D eigenvalue weighted by atomic mass is 10.1. The van der Waals surface area contributed by atoms with Crippen LogP contribution in [0, 0.1) is 5.92 Å². The maximum atomic E-state index is 4.54. The highest BCUT2D eigenvalue weighted by Crippen LogP contribution is 2.11. The van der Waals surface area contributed by atoms with E-state index < -0.39 is 0 Å². The summed E-state index contributed by atoms with van der Waals surface area (Å²) in [5.74, 6) is 0.438. The van der Waals surface area contributed by atoms with Crippen molar-refractivity contribution in [2.24, 2.45) is 10.9 Å². The van der Waals surface area contributed by atoms with Gasteiger partial charge >= 0.3 is 0 Å². The van der Waals surface area contributed by atoms with Crippen LogP contribution in [0.5, 0.6) is 0 Å². The lowest BCUT2D eigenvalue weighted by Crippen LogP contribution is -1.95. The third-order valence-corrected chi connectivity index (χ3v) is 1.68. The van der Waals surface area contributed by atoms with E-state index in [1.165, 1.54) is 5.57 Å². The molecule has 0 bridgehead atoms. The van der Waals surface area contributed by atoms with Crippen molar-refractivity contribution in [3.05, 3.63) is 36.1 Å². The standard InChI is InChI=1S/C13H21N/c1-7-8-13(11(4)5)14-12(6)9-10(2)3/h7-9,11H,1H2,2-6H3/b13-8+,14-12-. The van der Waals surface area contributed by atoms with Crippen molar-refractivity contribution in [3.63, 3.8) is 0 Å². The van der Waals surface area contributed by atoms with Gasteiger partial charge in [0, 0.05) is 11.4 Å². The van der Waals surface area contributed by atoms with E-state index in [0.717, 1.165) is 11.4 Å². The maximum Gasteiger partial charge on any atom is 0.0431 e. The first-order valence-corrected chi connectivity index (χ1v) is 5.00. The molecule has 14 heavy (non-hydrogen) atoms. The summed E-state index contributed by atoms with van der Waals surface area (Å²) in [4.78, 5) is 4.54. The largest absolute Gasteiger partial charge is 0.258 e. The molecule has 0 heterocycles. The van der Waals surface area contributed by atoms with E-state index in [4.69, 9.17) is 0 Å². The van der Waals surface area contributed by atoms with Gasteiger partial charge in [-0.2, -0.15) is 0 Å². The first-order valence-electron chi connectivity index (χ1n) is 5.00. The molecule has 0 saturated carbocycles. The van der Waals surface area contributed by atoms with Gasteiger partial charge in [0.25, 0.3) is 0 Å². The van der Waals surface area contributed by atoms with E-state index in [2.05, 4.69) is 45.3 Å². The Hall–Kier alpha value is -1.11. The van der Waals surface area contributed by atoms with Crippen molar-refractivity contribution in [2.75, 3.05) is 0 Å². The highest BCUT2D eigenvalue weighted by atomic mass is 14.8. The summed E-state index contributed by atoms with van der Waals surface area (Å²) in [6.07, 6.45) is 5.83. The molecule has 1 nitrogen and oxygen atoms in total. The number of aliphatic imine (C=N–C) groups is 1. The molecule has 0 radical (unpaired) electrons. The molecule has 0 unspecified atom stereocenters. The Morgan fingerprint density at radius 3 is 2.14 bits per heavy atom. The Bertz CT molecular complexity index is 274. The average molecular weight is 191 g/mol. The van der Waals surface area contributed by atoms with Gasteiger partial charge < -0.3 is 0 Å². The molecule has 1 heteroatoms. The zero-order valence-electron chi connectivity index (χ0n) is 9.96. The van der Waals surface area contributed by atoms with Crippen LogP contribution in [0.1, 0.15) is 34.6 Å². The zero-order chi connectivity index (χ0) is 11.1. The lowest BCUT2D eigenvalue weighted by molar-refractivity contribution is 0.758. The maximum absolute atomic E-state index is 4.54. The average Bonchev–Trinajstić information content (AvgIpc) is 2.01. The van der Waals surface area contributed by atoms with E-state index in [-0.39, 0.29) is 0 Å². The van der Waals surface area contributed by atoms with Crippen LogP contribution in [0.2, 0.25) is 0 Å². The van der Waals surface area contributed by atoms with Crippen molar-refractivity contribution in [2.45, 2.75) is 34.6 Å². The molecule has 0 aromatic carbocycles. The van der Waals surface area contributed by atoms with Crippen molar-refractivity contribution < 1.29 is 0 Å². The predicted molar refractivity (Wildman–Crippen MR) is 65.7 cm³/mol.